The lowest BCUT2D eigenvalue weighted by atomic mass is 10.0. The molecule has 98 valence electrons. The number of carbonyl (C=O) groups excluding carboxylic acids is 1. The topological polar surface area (TPSA) is 92.4 Å². The van der Waals surface area contributed by atoms with E-state index in [1.807, 2.05) is 6.92 Å². The maximum Gasteiger partial charge on any atom is 0.308 e. The average molecular weight is 242 g/mol. The first kappa shape index (κ1) is 14.0. The second-order valence-corrected chi connectivity index (χ2v) is 4.76. The van der Waals surface area contributed by atoms with Gasteiger partial charge in [-0.2, -0.15) is 0 Å². The Bertz CT molecular complexity index is 277. The number of nitrogens with one attached hydrogen (secondary N) is 1. The molecular weight excluding hydrogens is 220 g/mol. The van der Waals surface area contributed by atoms with E-state index in [1.165, 1.54) is 0 Å². The van der Waals surface area contributed by atoms with Crippen molar-refractivity contribution in [2.24, 2.45) is 17.6 Å². The third-order valence-electron chi connectivity index (χ3n) is 3.56. The molecule has 1 aliphatic rings. The van der Waals surface area contributed by atoms with Gasteiger partial charge < -0.3 is 16.2 Å². The molecule has 0 bridgehead atoms. The number of nitrogens with two attached hydrogens (primary N) is 1. The largest absolute Gasteiger partial charge is 0.481 e. The third-order valence-corrected chi connectivity index (χ3v) is 3.56. The molecule has 0 radical (unpaired) electrons. The first-order valence-corrected chi connectivity index (χ1v) is 6.30. The monoisotopic (exact) mass is 242 g/mol. The van der Waals surface area contributed by atoms with Crippen molar-refractivity contribution < 1.29 is 14.7 Å². The van der Waals surface area contributed by atoms with Crippen LogP contribution in [0.2, 0.25) is 0 Å². The standard InChI is InChI=1S/C12H22N2O3/c1-2-8(7-13)6-11(15)14-10-5-3-4-9(10)12(16)17/h8-10H,2-7,13H2,1H3,(H,14,15)(H,16,17). The zero-order valence-electron chi connectivity index (χ0n) is 10.3. The van der Waals surface area contributed by atoms with Gasteiger partial charge in [0.1, 0.15) is 0 Å². The van der Waals surface area contributed by atoms with Gasteiger partial charge >= 0.3 is 5.97 Å². The molecule has 0 spiro atoms. The highest BCUT2D eigenvalue weighted by atomic mass is 16.4. The normalized spacial score (nSPS) is 25.5. The van der Waals surface area contributed by atoms with Gasteiger partial charge in [-0.25, -0.2) is 0 Å². The van der Waals surface area contributed by atoms with Crippen molar-refractivity contribution in [3.8, 4) is 0 Å². The van der Waals surface area contributed by atoms with Crippen LogP contribution < -0.4 is 11.1 Å². The Morgan fingerprint density at radius 3 is 2.71 bits per heavy atom. The van der Waals surface area contributed by atoms with E-state index in [0.29, 0.717) is 19.4 Å². The van der Waals surface area contributed by atoms with Crippen molar-refractivity contribution in [1.82, 2.24) is 5.32 Å². The van der Waals surface area contributed by atoms with E-state index >= 15 is 0 Å². The van der Waals surface area contributed by atoms with E-state index in [9.17, 15) is 9.59 Å². The van der Waals surface area contributed by atoms with Gasteiger partial charge in [-0.15, -0.1) is 0 Å². The number of carboxylic acids is 1. The summed E-state index contributed by atoms with van der Waals surface area (Å²) in [4.78, 5) is 22.7. The van der Waals surface area contributed by atoms with Crippen molar-refractivity contribution >= 4 is 11.9 Å². The van der Waals surface area contributed by atoms with E-state index in [1.54, 1.807) is 0 Å². The molecule has 1 rings (SSSR count). The first-order chi connectivity index (χ1) is 8.08. The lowest BCUT2D eigenvalue weighted by Gasteiger charge is -2.19. The molecule has 0 heterocycles. The molecule has 0 aromatic heterocycles. The Hall–Kier alpha value is -1.10. The van der Waals surface area contributed by atoms with Crippen molar-refractivity contribution in [3.05, 3.63) is 0 Å². The molecule has 0 saturated heterocycles. The minimum atomic E-state index is -0.807. The van der Waals surface area contributed by atoms with Crippen molar-refractivity contribution in [3.63, 3.8) is 0 Å². The van der Waals surface area contributed by atoms with Crippen LogP contribution in [0.3, 0.4) is 0 Å². The molecule has 5 nitrogen and oxygen atoms in total. The molecule has 17 heavy (non-hydrogen) atoms. The van der Waals surface area contributed by atoms with Crippen LogP contribution in [0, 0.1) is 11.8 Å². The van der Waals surface area contributed by atoms with Gasteiger partial charge in [0.15, 0.2) is 0 Å². The van der Waals surface area contributed by atoms with Crippen LogP contribution in [0.5, 0.6) is 0 Å². The summed E-state index contributed by atoms with van der Waals surface area (Å²) in [6.45, 7) is 2.50. The quantitative estimate of drug-likeness (QED) is 0.640. The highest BCUT2D eigenvalue weighted by molar-refractivity contribution is 5.78. The van der Waals surface area contributed by atoms with Gasteiger partial charge in [0.05, 0.1) is 5.92 Å². The number of carbonyl (C=O) groups is 2. The summed E-state index contributed by atoms with van der Waals surface area (Å²) in [5, 5.41) is 11.8. The molecule has 1 aliphatic carbocycles. The summed E-state index contributed by atoms with van der Waals surface area (Å²) < 4.78 is 0. The molecular formula is C12H22N2O3. The van der Waals surface area contributed by atoms with E-state index in [4.69, 9.17) is 10.8 Å². The number of rotatable bonds is 6. The molecule has 3 atom stereocenters. The smallest absolute Gasteiger partial charge is 0.308 e. The Kier molecular flexibility index (Phi) is 5.41. The van der Waals surface area contributed by atoms with Gasteiger partial charge in [-0.1, -0.05) is 19.8 Å². The SMILES string of the molecule is CCC(CN)CC(=O)NC1CCCC1C(=O)O. The predicted octanol–water partition coefficient (Wildman–Crippen LogP) is 0.731. The van der Waals surface area contributed by atoms with E-state index < -0.39 is 11.9 Å². The van der Waals surface area contributed by atoms with Crippen molar-refractivity contribution in [1.29, 1.82) is 0 Å². The third kappa shape index (κ3) is 4.00. The van der Waals surface area contributed by atoms with Gasteiger partial charge in [-0.3, -0.25) is 9.59 Å². The number of hydrogen-bond acceptors (Lipinski definition) is 3. The fraction of sp³-hybridized carbons (Fsp3) is 0.833. The van der Waals surface area contributed by atoms with Crippen LogP contribution in [-0.4, -0.2) is 29.6 Å². The highest BCUT2D eigenvalue weighted by Crippen LogP contribution is 2.26. The predicted molar refractivity (Wildman–Crippen MR) is 64.4 cm³/mol. The Morgan fingerprint density at radius 1 is 1.47 bits per heavy atom. The van der Waals surface area contributed by atoms with Crippen LogP contribution in [0.25, 0.3) is 0 Å². The average Bonchev–Trinajstić information content (AvgIpc) is 2.74. The maximum absolute atomic E-state index is 11.7. The van der Waals surface area contributed by atoms with Crippen LogP contribution in [0.15, 0.2) is 0 Å². The molecule has 1 saturated carbocycles. The Labute approximate surface area is 102 Å². The summed E-state index contributed by atoms with van der Waals surface area (Å²) >= 11 is 0. The number of amides is 1. The zero-order chi connectivity index (χ0) is 12.8. The number of carboxylic acid groups (broad SMARTS) is 1. The summed E-state index contributed by atoms with van der Waals surface area (Å²) in [7, 11) is 0. The van der Waals surface area contributed by atoms with Gasteiger partial charge in [-0.05, 0) is 25.3 Å². The molecule has 1 amide bonds. The molecule has 5 heteroatoms. The molecule has 3 unspecified atom stereocenters. The lowest BCUT2D eigenvalue weighted by Crippen LogP contribution is -2.41. The molecule has 1 fully saturated rings. The number of hydrogen-bond donors (Lipinski definition) is 3. The van der Waals surface area contributed by atoms with Crippen LogP contribution in [0.4, 0.5) is 0 Å². The fourth-order valence-electron chi connectivity index (χ4n) is 2.35. The lowest BCUT2D eigenvalue weighted by molar-refractivity contribution is -0.142. The summed E-state index contributed by atoms with van der Waals surface area (Å²) in [6, 6.07) is -0.199. The Morgan fingerprint density at radius 2 is 2.18 bits per heavy atom. The summed E-state index contributed by atoms with van der Waals surface area (Å²) in [5.41, 5.74) is 5.54. The summed E-state index contributed by atoms with van der Waals surface area (Å²) in [5.74, 6) is -1.10. The van der Waals surface area contributed by atoms with Gasteiger partial charge in [0, 0.05) is 12.5 Å². The van der Waals surface area contributed by atoms with E-state index in [-0.39, 0.29) is 17.9 Å². The molecule has 0 aromatic carbocycles. The van der Waals surface area contributed by atoms with Crippen molar-refractivity contribution in [2.45, 2.75) is 45.1 Å². The first-order valence-electron chi connectivity index (χ1n) is 6.30. The summed E-state index contributed by atoms with van der Waals surface area (Å²) in [6.07, 6.45) is 3.57. The Balaban J connectivity index is 2.42. The maximum atomic E-state index is 11.7. The molecule has 0 aromatic rings. The van der Waals surface area contributed by atoms with Crippen LogP contribution in [-0.2, 0) is 9.59 Å². The number of aliphatic carboxylic acids is 1. The van der Waals surface area contributed by atoms with E-state index in [0.717, 1.165) is 19.3 Å². The zero-order valence-corrected chi connectivity index (χ0v) is 10.3. The van der Waals surface area contributed by atoms with Gasteiger partial charge in [0.25, 0.3) is 0 Å². The molecule has 0 aliphatic heterocycles. The van der Waals surface area contributed by atoms with Crippen LogP contribution in [0.1, 0.15) is 39.0 Å². The second-order valence-electron chi connectivity index (χ2n) is 4.76. The fourth-order valence-corrected chi connectivity index (χ4v) is 2.35. The van der Waals surface area contributed by atoms with Gasteiger partial charge in [0.2, 0.25) is 5.91 Å². The van der Waals surface area contributed by atoms with Crippen LogP contribution >= 0.6 is 0 Å². The van der Waals surface area contributed by atoms with Crippen molar-refractivity contribution in [2.75, 3.05) is 6.54 Å². The molecule has 4 N–H and O–H groups in total. The highest BCUT2D eigenvalue weighted by Gasteiger charge is 2.33. The second kappa shape index (κ2) is 6.59. The van der Waals surface area contributed by atoms with E-state index in [2.05, 4.69) is 5.32 Å². The minimum absolute atomic E-state index is 0.0690. The minimum Gasteiger partial charge on any atom is -0.481 e.